The molecule has 11 heteroatoms. The Balaban J connectivity index is 0.000000546. The maximum Gasteiger partial charge on any atom is 0.328 e. The van der Waals surface area contributed by atoms with Gasteiger partial charge in [-0.1, -0.05) is 36.0 Å². The minimum atomic E-state index is -1.26. The maximum absolute atomic E-state index is 12.9. The van der Waals surface area contributed by atoms with Crippen molar-refractivity contribution >= 4 is 28.9 Å². The van der Waals surface area contributed by atoms with E-state index < -0.39 is 11.9 Å². The number of aliphatic carboxylic acids is 2. The normalized spacial score (nSPS) is 15.5. The van der Waals surface area contributed by atoms with E-state index in [4.69, 9.17) is 19.9 Å². The van der Waals surface area contributed by atoms with Gasteiger partial charge in [0.2, 0.25) is 0 Å². The third-order valence-electron chi connectivity index (χ3n) is 6.59. The fourth-order valence-electron chi connectivity index (χ4n) is 4.39. The number of unbranched alkanes of at least 4 members (excludes halogenated alkanes) is 1. The lowest BCUT2D eigenvalue weighted by Gasteiger charge is -2.37. The van der Waals surface area contributed by atoms with E-state index in [2.05, 4.69) is 41.1 Å². The predicted molar refractivity (Wildman–Crippen MR) is 155 cm³/mol. The van der Waals surface area contributed by atoms with E-state index in [0.29, 0.717) is 24.8 Å². The van der Waals surface area contributed by atoms with E-state index in [1.807, 2.05) is 11.8 Å². The molecule has 2 aliphatic rings. The number of carbonyl (C=O) groups is 2. The first-order valence-electron chi connectivity index (χ1n) is 13.0. The minimum Gasteiger partial charge on any atom is -0.494 e. The highest BCUT2D eigenvalue weighted by atomic mass is 32.2. The number of carboxylic acids is 2. The number of nitrogens with zero attached hydrogens (tertiary/aromatic N) is 3. The molecule has 0 radical (unpaired) electrons. The molecule has 0 bridgehead atoms. The van der Waals surface area contributed by atoms with Crippen LogP contribution in [-0.2, 0) is 21.9 Å². The van der Waals surface area contributed by atoms with Crippen LogP contribution < -0.4 is 4.74 Å². The van der Waals surface area contributed by atoms with Crippen molar-refractivity contribution in [3.63, 3.8) is 0 Å². The highest BCUT2D eigenvalue weighted by Crippen LogP contribution is 2.27. The molecule has 218 valence electrons. The van der Waals surface area contributed by atoms with Gasteiger partial charge in [-0.2, -0.15) is 0 Å². The van der Waals surface area contributed by atoms with Crippen molar-refractivity contribution in [3.05, 3.63) is 77.6 Å². The SMILES string of the molecule is CN(C1=NCc2ccccc2CS1)C1CCN(CCCCOc2ccc(F)cc2)CC1.O.O=C(O)C=CC(=O)O. The molecule has 40 heavy (non-hydrogen) atoms. The maximum atomic E-state index is 12.9. The number of amidine groups is 1. The first kappa shape index (κ1) is 32.8. The van der Waals surface area contributed by atoms with Gasteiger partial charge in [0, 0.05) is 44.1 Å². The summed E-state index contributed by atoms with van der Waals surface area (Å²) in [5.41, 5.74) is 2.77. The Labute approximate surface area is 238 Å². The zero-order valence-electron chi connectivity index (χ0n) is 22.7. The molecule has 0 aromatic heterocycles. The number of carboxylic acid groups (broad SMARTS) is 2. The zero-order valence-corrected chi connectivity index (χ0v) is 23.5. The Kier molecular flexibility index (Phi) is 14.2. The molecular formula is C29H38FN3O6S. The van der Waals surface area contributed by atoms with Crippen LogP contribution >= 0.6 is 11.8 Å². The Hall–Kier alpha value is -3.41. The standard InChI is InChI=1S/C25H32FN3OS.C4H4O4.H2O/c1-28(25-27-18-20-6-2-3-7-21(20)19-31-25)23-12-15-29(16-13-23)14-4-5-17-30-24-10-8-22(26)9-11-24;5-3(6)1-2-4(7)8;/h2-3,6-11,23H,4-5,12-19H2,1H3;1-2H,(H,5,6)(H,7,8);1H2. The second-order valence-corrected chi connectivity index (χ2v) is 10.3. The van der Waals surface area contributed by atoms with E-state index in [-0.39, 0.29) is 11.3 Å². The monoisotopic (exact) mass is 575 g/mol. The summed E-state index contributed by atoms with van der Waals surface area (Å²) in [6.07, 6.45) is 5.64. The molecular weight excluding hydrogens is 537 g/mol. The number of hydrogen-bond acceptors (Lipinski definition) is 7. The first-order valence-corrected chi connectivity index (χ1v) is 14.0. The molecule has 2 aromatic carbocycles. The second kappa shape index (κ2) is 17.3. The lowest BCUT2D eigenvalue weighted by atomic mass is 10.0. The lowest BCUT2D eigenvalue weighted by Crippen LogP contribution is -2.45. The van der Waals surface area contributed by atoms with Gasteiger partial charge in [-0.05, 0) is 67.6 Å². The number of piperidine rings is 1. The Morgan fingerprint density at radius 3 is 2.30 bits per heavy atom. The van der Waals surface area contributed by atoms with Gasteiger partial charge in [0.1, 0.15) is 11.6 Å². The van der Waals surface area contributed by atoms with Crippen molar-refractivity contribution in [2.75, 3.05) is 33.3 Å². The molecule has 9 nitrogen and oxygen atoms in total. The minimum absolute atomic E-state index is 0. The molecule has 4 N–H and O–H groups in total. The van der Waals surface area contributed by atoms with Gasteiger partial charge in [0.15, 0.2) is 5.17 Å². The summed E-state index contributed by atoms with van der Waals surface area (Å²) in [4.78, 5) is 29.0. The number of ether oxygens (including phenoxy) is 1. The van der Waals surface area contributed by atoms with Crippen molar-refractivity contribution in [2.45, 2.75) is 44.0 Å². The van der Waals surface area contributed by atoms with Crippen LogP contribution in [0.15, 0.2) is 65.7 Å². The van der Waals surface area contributed by atoms with Crippen LogP contribution in [-0.4, -0.2) is 81.9 Å². The van der Waals surface area contributed by atoms with Gasteiger partial charge in [-0.3, -0.25) is 4.99 Å². The molecule has 1 fully saturated rings. The first-order chi connectivity index (χ1) is 18.8. The highest BCUT2D eigenvalue weighted by molar-refractivity contribution is 8.13. The fraction of sp³-hybridized carbons (Fsp3) is 0.414. The van der Waals surface area contributed by atoms with Crippen molar-refractivity contribution in [1.82, 2.24) is 9.80 Å². The van der Waals surface area contributed by atoms with Gasteiger partial charge in [-0.25, -0.2) is 14.0 Å². The number of fused-ring (bicyclic) bond motifs is 1. The average molecular weight is 576 g/mol. The van der Waals surface area contributed by atoms with Gasteiger partial charge < -0.3 is 30.2 Å². The third-order valence-corrected chi connectivity index (χ3v) is 7.72. The summed E-state index contributed by atoms with van der Waals surface area (Å²) in [7, 11) is 2.22. The third kappa shape index (κ3) is 11.4. The summed E-state index contributed by atoms with van der Waals surface area (Å²) in [6, 6.07) is 15.5. The van der Waals surface area contributed by atoms with Crippen LogP contribution in [0.25, 0.3) is 0 Å². The van der Waals surface area contributed by atoms with Crippen LogP contribution in [0.2, 0.25) is 0 Å². The Bertz CT molecular complexity index is 1120. The number of rotatable bonds is 9. The Morgan fingerprint density at radius 1 is 1.05 bits per heavy atom. The summed E-state index contributed by atoms with van der Waals surface area (Å²) in [5, 5.41) is 16.8. The highest BCUT2D eigenvalue weighted by Gasteiger charge is 2.25. The predicted octanol–water partition coefficient (Wildman–Crippen LogP) is 4.07. The van der Waals surface area contributed by atoms with Crippen LogP contribution in [0.5, 0.6) is 5.75 Å². The average Bonchev–Trinajstić information content (AvgIpc) is 3.16. The van der Waals surface area contributed by atoms with Gasteiger partial charge in [-0.15, -0.1) is 0 Å². The molecule has 2 heterocycles. The summed E-state index contributed by atoms with van der Waals surface area (Å²) < 4.78 is 18.6. The van der Waals surface area contributed by atoms with Crippen LogP contribution in [0, 0.1) is 5.82 Å². The molecule has 0 unspecified atom stereocenters. The molecule has 0 saturated carbocycles. The number of aliphatic imine (C=N–C) groups is 1. The number of thioether (sulfide) groups is 1. The van der Waals surface area contributed by atoms with Crippen molar-refractivity contribution < 1.29 is 34.4 Å². The molecule has 0 amide bonds. The molecule has 0 spiro atoms. The molecule has 4 rings (SSSR count). The van der Waals surface area contributed by atoms with E-state index in [1.54, 1.807) is 12.1 Å². The molecule has 0 aliphatic carbocycles. The summed E-state index contributed by atoms with van der Waals surface area (Å²) in [5.74, 6) is -0.985. The number of halogens is 1. The van der Waals surface area contributed by atoms with Crippen LogP contribution in [0.4, 0.5) is 4.39 Å². The van der Waals surface area contributed by atoms with E-state index in [9.17, 15) is 14.0 Å². The van der Waals surface area contributed by atoms with Gasteiger partial charge in [0.05, 0.1) is 13.2 Å². The van der Waals surface area contributed by atoms with Crippen LogP contribution in [0.3, 0.4) is 0 Å². The van der Waals surface area contributed by atoms with Crippen molar-refractivity contribution in [3.8, 4) is 5.75 Å². The largest absolute Gasteiger partial charge is 0.494 e. The number of benzene rings is 2. The molecule has 2 aromatic rings. The molecule has 1 saturated heterocycles. The number of hydrogen-bond donors (Lipinski definition) is 2. The fourth-order valence-corrected chi connectivity index (χ4v) is 5.47. The lowest BCUT2D eigenvalue weighted by molar-refractivity contribution is -0.134. The summed E-state index contributed by atoms with van der Waals surface area (Å²) >= 11 is 1.88. The summed E-state index contributed by atoms with van der Waals surface area (Å²) in [6.45, 7) is 4.89. The van der Waals surface area contributed by atoms with E-state index in [0.717, 1.165) is 50.5 Å². The number of likely N-dealkylation sites (tertiary alicyclic amines) is 1. The smallest absolute Gasteiger partial charge is 0.328 e. The molecule has 0 atom stereocenters. The topological polar surface area (TPSA) is 134 Å². The second-order valence-electron chi connectivity index (χ2n) is 9.36. The quantitative estimate of drug-likeness (QED) is 0.338. The van der Waals surface area contributed by atoms with Crippen molar-refractivity contribution in [2.24, 2.45) is 4.99 Å². The van der Waals surface area contributed by atoms with Crippen LogP contribution in [0.1, 0.15) is 36.8 Å². The van der Waals surface area contributed by atoms with E-state index >= 15 is 0 Å². The van der Waals surface area contributed by atoms with E-state index in [1.165, 1.54) is 41.3 Å². The van der Waals surface area contributed by atoms with Gasteiger partial charge >= 0.3 is 11.9 Å². The zero-order chi connectivity index (χ0) is 28.0. The Morgan fingerprint density at radius 2 is 1.68 bits per heavy atom. The molecule has 2 aliphatic heterocycles. The van der Waals surface area contributed by atoms with Gasteiger partial charge in [0.25, 0.3) is 0 Å². The van der Waals surface area contributed by atoms with Crippen molar-refractivity contribution in [1.29, 1.82) is 0 Å².